The van der Waals surface area contributed by atoms with Crippen molar-refractivity contribution in [1.82, 2.24) is 15.0 Å². The van der Waals surface area contributed by atoms with Crippen LogP contribution in [0.4, 0.5) is 11.8 Å². The molecule has 3 aromatic heterocycles. The zero-order valence-corrected chi connectivity index (χ0v) is 11.7. The van der Waals surface area contributed by atoms with Gasteiger partial charge in [0.1, 0.15) is 10.6 Å². The van der Waals surface area contributed by atoms with Gasteiger partial charge in [0.05, 0.1) is 11.4 Å². The van der Waals surface area contributed by atoms with Gasteiger partial charge in [-0.15, -0.1) is 11.3 Å². The second-order valence-electron chi connectivity index (χ2n) is 4.33. The first-order chi connectivity index (χ1) is 9.78. The van der Waals surface area contributed by atoms with E-state index in [-0.39, 0.29) is 6.04 Å². The number of thiophene rings is 1. The first-order valence-electron chi connectivity index (χ1n) is 6.16. The fraction of sp³-hybridized carbons (Fsp3) is 0.154. The van der Waals surface area contributed by atoms with Gasteiger partial charge in [-0.05, 0) is 30.0 Å². The Morgan fingerprint density at radius 3 is 2.95 bits per heavy atom. The number of nitrogens with one attached hydrogen (secondary N) is 2. The van der Waals surface area contributed by atoms with Gasteiger partial charge in [0.15, 0.2) is 0 Å². The summed E-state index contributed by atoms with van der Waals surface area (Å²) in [6, 6.07) is 6.03. The molecular formula is C13H14N6S. The number of pyridine rings is 1. The molecule has 7 heteroatoms. The van der Waals surface area contributed by atoms with Crippen LogP contribution in [0.2, 0.25) is 0 Å². The summed E-state index contributed by atoms with van der Waals surface area (Å²) in [5, 5.41) is 6.36. The van der Waals surface area contributed by atoms with Crippen LogP contribution in [0.25, 0.3) is 10.2 Å². The number of hydrazine groups is 1. The number of rotatable bonds is 4. The van der Waals surface area contributed by atoms with E-state index >= 15 is 0 Å². The highest BCUT2D eigenvalue weighted by atomic mass is 32.1. The van der Waals surface area contributed by atoms with Gasteiger partial charge in [-0.3, -0.25) is 10.4 Å². The van der Waals surface area contributed by atoms with Crippen LogP contribution in [0.3, 0.4) is 0 Å². The molecule has 0 fully saturated rings. The van der Waals surface area contributed by atoms with Crippen molar-refractivity contribution in [3.05, 3.63) is 41.5 Å². The Labute approximate surface area is 120 Å². The molecule has 0 aliphatic heterocycles. The van der Waals surface area contributed by atoms with Crippen molar-refractivity contribution in [2.45, 2.75) is 13.0 Å². The molecule has 1 unspecified atom stereocenters. The highest BCUT2D eigenvalue weighted by Gasteiger charge is 2.12. The molecule has 0 aliphatic carbocycles. The lowest BCUT2D eigenvalue weighted by atomic mass is 10.1. The van der Waals surface area contributed by atoms with E-state index in [1.165, 1.54) is 0 Å². The SMILES string of the molecule is CC(Nc1nc(NN)nc2sccc12)c1cccnc1. The molecule has 0 saturated heterocycles. The lowest BCUT2D eigenvalue weighted by Crippen LogP contribution is -2.13. The van der Waals surface area contributed by atoms with Gasteiger partial charge in [-0.2, -0.15) is 4.98 Å². The van der Waals surface area contributed by atoms with Crippen LogP contribution in [0, 0.1) is 0 Å². The molecular weight excluding hydrogens is 272 g/mol. The van der Waals surface area contributed by atoms with Gasteiger partial charge in [-0.1, -0.05) is 6.07 Å². The summed E-state index contributed by atoms with van der Waals surface area (Å²) in [5.41, 5.74) is 3.59. The minimum Gasteiger partial charge on any atom is -0.363 e. The third kappa shape index (κ3) is 2.40. The van der Waals surface area contributed by atoms with Crippen molar-refractivity contribution in [3.8, 4) is 0 Å². The summed E-state index contributed by atoms with van der Waals surface area (Å²) in [7, 11) is 0. The van der Waals surface area contributed by atoms with Crippen LogP contribution < -0.4 is 16.6 Å². The Morgan fingerprint density at radius 1 is 1.30 bits per heavy atom. The van der Waals surface area contributed by atoms with Crippen molar-refractivity contribution in [3.63, 3.8) is 0 Å². The van der Waals surface area contributed by atoms with E-state index in [1.54, 1.807) is 17.5 Å². The quantitative estimate of drug-likeness (QED) is 0.504. The van der Waals surface area contributed by atoms with Crippen molar-refractivity contribution in [1.29, 1.82) is 0 Å². The Kier molecular flexibility index (Phi) is 3.44. The lowest BCUT2D eigenvalue weighted by Gasteiger charge is -2.15. The number of anilines is 2. The predicted molar refractivity (Wildman–Crippen MR) is 81.5 cm³/mol. The minimum atomic E-state index is 0.0901. The zero-order chi connectivity index (χ0) is 13.9. The average Bonchev–Trinajstić information content (AvgIpc) is 2.96. The second kappa shape index (κ2) is 5.40. The van der Waals surface area contributed by atoms with Gasteiger partial charge < -0.3 is 5.32 Å². The van der Waals surface area contributed by atoms with Crippen molar-refractivity contribution >= 4 is 33.3 Å². The predicted octanol–water partition coefficient (Wildman–Crippen LogP) is 2.55. The van der Waals surface area contributed by atoms with Crippen LogP contribution in [-0.2, 0) is 0 Å². The van der Waals surface area contributed by atoms with Crippen LogP contribution >= 0.6 is 11.3 Å². The number of fused-ring (bicyclic) bond motifs is 1. The molecule has 0 bridgehead atoms. The molecule has 0 aliphatic rings. The normalized spacial score (nSPS) is 12.3. The molecule has 20 heavy (non-hydrogen) atoms. The molecule has 0 aromatic carbocycles. The maximum atomic E-state index is 5.41. The Morgan fingerprint density at radius 2 is 2.20 bits per heavy atom. The molecule has 4 N–H and O–H groups in total. The number of hydrogen-bond acceptors (Lipinski definition) is 7. The highest BCUT2D eigenvalue weighted by Crippen LogP contribution is 2.28. The summed E-state index contributed by atoms with van der Waals surface area (Å²) in [4.78, 5) is 13.7. The third-order valence-electron chi connectivity index (χ3n) is 2.99. The number of nitrogens with two attached hydrogens (primary N) is 1. The molecule has 3 heterocycles. The Bertz CT molecular complexity index is 711. The Hall–Kier alpha value is -2.25. The summed E-state index contributed by atoms with van der Waals surface area (Å²) in [6.45, 7) is 2.06. The largest absolute Gasteiger partial charge is 0.363 e. The monoisotopic (exact) mass is 286 g/mol. The lowest BCUT2D eigenvalue weighted by molar-refractivity contribution is 0.868. The fourth-order valence-electron chi connectivity index (χ4n) is 1.95. The van der Waals surface area contributed by atoms with Crippen molar-refractivity contribution < 1.29 is 0 Å². The molecule has 3 aromatic rings. The van der Waals surface area contributed by atoms with E-state index < -0.39 is 0 Å². The molecule has 3 rings (SSSR count). The molecule has 102 valence electrons. The average molecular weight is 286 g/mol. The second-order valence-corrected chi connectivity index (χ2v) is 5.23. The molecule has 0 saturated carbocycles. The molecule has 1 atom stereocenters. The van der Waals surface area contributed by atoms with Gasteiger partial charge in [-0.25, -0.2) is 10.8 Å². The number of aromatic nitrogens is 3. The molecule has 0 radical (unpaired) electrons. The summed E-state index contributed by atoms with van der Waals surface area (Å²) < 4.78 is 0. The first-order valence-corrected chi connectivity index (χ1v) is 7.04. The number of nitrogen functional groups attached to an aromatic ring is 1. The molecule has 0 spiro atoms. The smallest absolute Gasteiger partial charge is 0.240 e. The van der Waals surface area contributed by atoms with Gasteiger partial charge in [0.25, 0.3) is 0 Å². The molecule has 0 amide bonds. The van der Waals surface area contributed by atoms with E-state index in [0.717, 1.165) is 21.6 Å². The van der Waals surface area contributed by atoms with Crippen LogP contribution in [-0.4, -0.2) is 15.0 Å². The van der Waals surface area contributed by atoms with Crippen molar-refractivity contribution in [2.75, 3.05) is 10.7 Å². The van der Waals surface area contributed by atoms with Crippen LogP contribution in [0.1, 0.15) is 18.5 Å². The maximum Gasteiger partial charge on any atom is 0.240 e. The van der Waals surface area contributed by atoms with E-state index in [2.05, 4.69) is 32.6 Å². The van der Waals surface area contributed by atoms with Crippen molar-refractivity contribution in [2.24, 2.45) is 5.84 Å². The van der Waals surface area contributed by atoms with E-state index in [0.29, 0.717) is 5.95 Å². The van der Waals surface area contributed by atoms with E-state index in [4.69, 9.17) is 5.84 Å². The van der Waals surface area contributed by atoms with Gasteiger partial charge >= 0.3 is 0 Å². The van der Waals surface area contributed by atoms with Gasteiger partial charge in [0, 0.05) is 12.4 Å². The number of nitrogens with zero attached hydrogens (tertiary/aromatic N) is 3. The number of hydrogen-bond donors (Lipinski definition) is 3. The van der Waals surface area contributed by atoms with Gasteiger partial charge in [0.2, 0.25) is 5.95 Å². The maximum absolute atomic E-state index is 5.41. The minimum absolute atomic E-state index is 0.0901. The van der Waals surface area contributed by atoms with E-state index in [9.17, 15) is 0 Å². The van der Waals surface area contributed by atoms with Crippen LogP contribution in [0.5, 0.6) is 0 Å². The fourth-order valence-corrected chi connectivity index (χ4v) is 2.71. The van der Waals surface area contributed by atoms with Crippen LogP contribution in [0.15, 0.2) is 36.0 Å². The standard InChI is InChI=1S/C13H14N6S/c1-8(9-3-2-5-15-7-9)16-11-10-4-6-20-12(10)18-13(17-11)19-14/h2-8H,14H2,1H3,(H2,16,17,18,19). The Balaban J connectivity index is 1.95. The molecule has 6 nitrogen and oxygen atoms in total. The first kappa shape index (κ1) is 12.8. The topological polar surface area (TPSA) is 88.8 Å². The third-order valence-corrected chi connectivity index (χ3v) is 3.80. The van der Waals surface area contributed by atoms with E-state index in [1.807, 2.05) is 29.8 Å². The summed E-state index contributed by atoms with van der Waals surface area (Å²) in [5.74, 6) is 6.58. The summed E-state index contributed by atoms with van der Waals surface area (Å²) >= 11 is 1.55. The highest BCUT2D eigenvalue weighted by molar-refractivity contribution is 7.16. The summed E-state index contributed by atoms with van der Waals surface area (Å²) in [6.07, 6.45) is 3.60. The zero-order valence-electron chi connectivity index (χ0n) is 10.9.